The van der Waals surface area contributed by atoms with Gasteiger partial charge in [-0.15, -0.1) is 0 Å². The summed E-state index contributed by atoms with van der Waals surface area (Å²) in [6, 6.07) is 9.13. The average molecular weight is 511 g/mol. The molecule has 0 spiro atoms. The molecule has 0 saturated carbocycles. The predicted octanol–water partition coefficient (Wildman–Crippen LogP) is 4.63. The maximum atomic E-state index is 13.1. The zero-order valence-electron chi connectivity index (χ0n) is 21.1. The van der Waals surface area contributed by atoms with Gasteiger partial charge in [-0.25, -0.2) is 13.4 Å². The Morgan fingerprint density at radius 1 is 1.00 bits per heavy atom. The number of amides is 1. The van der Waals surface area contributed by atoms with Crippen molar-refractivity contribution in [2.45, 2.75) is 69.1 Å². The Hall–Kier alpha value is -2.45. The summed E-state index contributed by atoms with van der Waals surface area (Å²) < 4.78 is 27.7. The van der Waals surface area contributed by atoms with E-state index in [2.05, 4.69) is 16.3 Å². The number of fused-ring (bicyclic) bond motifs is 1. The highest BCUT2D eigenvalue weighted by atomic mass is 32.2. The molecule has 1 N–H and O–H groups in total. The van der Waals surface area contributed by atoms with Crippen LogP contribution in [0.4, 0.5) is 5.82 Å². The lowest BCUT2D eigenvalue weighted by Crippen LogP contribution is -2.43. The minimum Gasteiger partial charge on any atom is -0.356 e. The highest BCUT2D eigenvalue weighted by molar-refractivity contribution is 7.89. The minimum atomic E-state index is -3.47. The number of hydrogen-bond donors (Lipinski definition) is 1. The van der Waals surface area contributed by atoms with Crippen molar-refractivity contribution in [3.05, 3.63) is 42.0 Å². The van der Waals surface area contributed by atoms with Crippen LogP contribution in [0.15, 0.2) is 46.9 Å². The fourth-order valence-electron chi connectivity index (χ4n) is 5.71. The van der Waals surface area contributed by atoms with Gasteiger partial charge in [0.25, 0.3) is 0 Å². The third kappa shape index (κ3) is 5.75. The lowest BCUT2D eigenvalue weighted by molar-refractivity contribution is -0.125. The smallest absolute Gasteiger partial charge is 0.243 e. The first kappa shape index (κ1) is 25.2. The van der Waals surface area contributed by atoms with Crippen molar-refractivity contribution in [2.24, 2.45) is 5.92 Å². The summed E-state index contributed by atoms with van der Waals surface area (Å²) in [5.74, 6) is 0.956. The van der Waals surface area contributed by atoms with Gasteiger partial charge in [-0.05, 0) is 88.1 Å². The van der Waals surface area contributed by atoms with Gasteiger partial charge in [0.1, 0.15) is 5.82 Å². The SMILES string of the molecule is O=C(NCCC1=CCCCC1)[C@@H]1CCCN(c2ccc3cc(S(=O)(=O)N4CCCCC4)ccc3n2)C1. The van der Waals surface area contributed by atoms with Crippen LogP contribution in [0, 0.1) is 5.92 Å². The molecule has 1 aromatic carbocycles. The van der Waals surface area contributed by atoms with Crippen LogP contribution in [0.25, 0.3) is 10.9 Å². The summed E-state index contributed by atoms with van der Waals surface area (Å²) in [6.07, 6.45) is 13.0. The number of nitrogens with one attached hydrogen (secondary N) is 1. The molecule has 1 aliphatic carbocycles. The zero-order valence-corrected chi connectivity index (χ0v) is 21.9. The number of nitrogens with zero attached hydrogens (tertiary/aromatic N) is 3. The number of benzene rings is 1. The van der Waals surface area contributed by atoms with Crippen LogP contribution in [0.5, 0.6) is 0 Å². The molecule has 3 heterocycles. The van der Waals surface area contributed by atoms with Crippen LogP contribution < -0.4 is 10.2 Å². The first-order chi connectivity index (χ1) is 17.5. The van der Waals surface area contributed by atoms with Crippen molar-refractivity contribution in [3.63, 3.8) is 0 Å². The molecule has 7 nitrogen and oxygen atoms in total. The summed E-state index contributed by atoms with van der Waals surface area (Å²) in [5, 5.41) is 3.98. The van der Waals surface area contributed by atoms with Crippen LogP contribution in [0.1, 0.15) is 64.2 Å². The van der Waals surface area contributed by atoms with Gasteiger partial charge < -0.3 is 10.2 Å². The Morgan fingerprint density at radius 2 is 1.86 bits per heavy atom. The van der Waals surface area contributed by atoms with Crippen LogP contribution in [0.2, 0.25) is 0 Å². The van der Waals surface area contributed by atoms with E-state index in [-0.39, 0.29) is 11.8 Å². The number of hydrogen-bond acceptors (Lipinski definition) is 5. The first-order valence-electron chi connectivity index (χ1n) is 13.6. The third-order valence-electron chi connectivity index (χ3n) is 7.85. The number of pyridine rings is 1. The summed E-state index contributed by atoms with van der Waals surface area (Å²) in [7, 11) is -3.47. The molecule has 5 rings (SSSR count). The number of allylic oxidation sites excluding steroid dienone is 1. The highest BCUT2D eigenvalue weighted by Gasteiger charge is 2.28. The molecule has 1 amide bonds. The van der Waals surface area contributed by atoms with Gasteiger partial charge in [0.2, 0.25) is 15.9 Å². The molecule has 0 unspecified atom stereocenters. The summed E-state index contributed by atoms with van der Waals surface area (Å²) in [5.41, 5.74) is 2.26. The monoisotopic (exact) mass is 510 g/mol. The largest absolute Gasteiger partial charge is 0.356 e. The highest BCUT2D eigenvalue weighted by Crippen LogP contribution is 2.27. The molecule has 2 aromatic rings. The molecule has 1 aromatic heterocycles. The van der Waals surface area contributed by atoms with Crippen molar-refractivity contribution in [3.8, 4) is 0 Å². The van der Waals surface area contributed by atoms with Crippen molar-refractivity contribution in [1.29, 1.82) is 0 Å². The van der Waals surface area contributed by atoms with Gasteiger partial charge in [-0.3, -0.25) is 4.79 Å². The average Bonchev–Trinajstić information content (AvgIpc) is 2.93. The number of rotatable bonds is 7. The number of piperidine rings is 2. The Balaban J connectivity index is 1.22. The van der Waals surface area contributed by atoms with Crippen LogP contribution in [0.3, 0.4) is 0 Å². The van der Waals surface area contributed by atoms with E-state index < -0.39 is 10.0 Å². The Morgan fingerprint density at radius 3 is 2.67 bits per heavy atom. The molecule has 2 aliphatic heterocycles. The van der Waals surface area contributed by atoms with Gasteiger partial charge in [0.05, 0.1) is 16.3 Å². The van der Waals surface area contributed by atoms with Crippen molar-refractivity contribution in [1.82, 2.24) is 14.6 Å². The van der Waals surface area contributed by atoms with Gasteiger partial charge in [0, 0.05) is 38.1 Å². The minimum absolute atomic E-state index is 0.0337. The third-order valence-corrected chi connectivity index (χ3v) is 9.74. The van der Waals surface area contributed by atoms with E-state index in [0.717, 1.165) is 68.3 Å². The summed E-state index contributed by atoms with van der Waals surface area (Å²) in [6.45, 7) is 3.45. The zero-order chi connectivity index (χ0) is 25.0. The standard InChI is InChI=1S/C28H38N4O3S/c33-28(29-16-15-22-8-3-1-4-9-22)24-10-7-17-31(21-24)27-14-11-23-20-25(12-13-26(23)30-27)36(34,35)32-18-5-2-6-19-32/h8,11-14,20,24H,1-7,9-10,15-19,21H2,(H,29,33)/t24-/m1/s1. The van der Waals surface area contributed by atoms with Gasteiger partial charge >= 0.3 is 0 Å². The molecule has 2 saturated heterocycles. The van der Waals surface area contributed by atoms with E-state index in [9.17, 15) is 13.2 Å². The van der Waals surface area contributed by atoms with Crippen LogP contribution in [-0.4, -0.2) is 56.3 Å². The van der Waals surface area contributed by atoms with E-state index in [1.54, 1.807) is 16.4 Å². The lowest BCUT2D eigenvalue weighted by Gasteiger charge is -2.33. The molecule has 1 atom stereocenters. The van der Waals surface area contributed by atoms with Gasteiger partial charge in [0.15, 0.2) is 0 Å². The number of carbonyl (C=O) groups excluding carboxylic acids is 1. The predicted molar refractivity (Wildman–Crippen MR) is 143 cm³/mol. The molecule has 36 heavy (non-hydrogen) atoms. The molecular formula is C28H38N4O3S. The number of carbonyl (C=O) groups is 1. The fraction of sp³-hybridized carbons (Fsp3) is 0.571. The summed E-state index contributed by atoms with van der Waals surface area (Å²) >= 11 is 0. The Bertz CT molecular complexity index is 1220. The lowest BCUT2D eigenvalue weighted by atomic mass is 9.96. The van der Waals surface area contributed by atoms with Crippen LogP contribution in [-0.2, 0) is 14.8 Å². The quantitative estimate of drug-likeness (QED) is 0.549. The second-order valence-electron chi connectivity index (χ2n) is 10.4. The fourth-order valence-corrected chi connectivity index (χ4v) is 7.26. The van der Waals surface area contributed by atoms with E-state index in [4.69, 9.17) is 4.98 Å². The maximum Gasteiger partial charge on any atom is 0.243 e. The summed E-state index contributed by atoms with van der Waals surface area (Å²) in [4.78, 5) is 20.2. The normalized spacial score (nSPS) is 21.8. The van der Waals surface area contributed by atoms with Crippen molar-refractivity contribution in [2.75, 3.05) is 37.6 Å². The number of anilines is 1. The van der Waals surface area contributed by atoms with E-state index in [0.29, 0.717) is 24.5 Å². The molecule has 8 heteroatoms. The molecule has 0 bridgehead atoms. The van der Waals surface area contributed by atoms with E-state index >= 15 is 0 Å². The van der Waals surface area contributed by atoms with Crippen molar-refractivity contribution < 1.29 is 13.2 Å². The topological polar surface area (TPSA) is 82.6 Å². The molecule has 0 radical (unpaired) electrons. The molecule has 2 fully saturated rings. The second-order valence-corrected chi connectivity index (χ2v) is 12.4. The number of aromatic nitrogens is 1. The van der Waals surface area contributed by atoms with E-state index in [1.807, 2.05) is 18.2 Å². The molecular weight excluding hydrogens is 472 g/mol. The molecule has 194 valence electrons. The number of sulfonamides is 1. The van der Waals surface area contributed by atoms with Gasteiger partial charge in [-0.1, -0.05) is 18.1 Å². The van der Waals surface area contributed by atoms with Crippen molar-refractivity contribution >= 4 is 32.7 Å². The van der Waals surface area contributed by atoms with Crippen LogP contribution >= 0.6 is 0 Å². The van der Waals surface area contributed by atoms with Gasteiger partial charge in [-0.2, -0.15) is 4.31 Å². The molecule has 3 aliphatic rings. The van der Waals surface area contributed by atoms with E-state index in [1.165, 1.54) is 31.3 Å². The second kappa shape index (κ2) is 11.3. The Kier molecular flexibility index (Phi) is 7.91. The maximum absolute atomic E-state index is 13.1. The first-order valence-corrected chi connectivity index (χ1v) is 15.1. The Labute approximate surface area is 215 Å².